The lowest BCUT2D eigenvalue weighted by atomic mass is 10.2. The van der Waals surface area contributed by atoms with Crippen molar-refractivity contribution in [1.29, 1.82) is 5.26 Å². The minimum absolute atomic E-state index is 0.526. The average Bonchev–Trinajstić information content (AvgIpc) is 2.97. The molecule has 114 valence electrons. The fourth-order valence-electron chi connectivity index (χ4n) is 2.14. The maximum absolute atomic E-state index is 8.83. The maximum atomic E-state index is 8.83. The van der Waals surface area contributed by atoms with Crippen LogP contribution < -0.4 is 5.32 Å². The number of thiazole rings is 1. The second kappa shape index (κ2) is 6.55. The Morgan fingerprint density at radius 2 is 1.96 bits per heavy atom. The summed E-state index contributed by atoms with van der Waals surface area (Å²) < 4.78 is 0. The minimum Gasteiger partial charge on any atom is -0.324 e. The number of hydrogen-bond donors (Lipinski definition) is 1. The summed E-state index contributed by atoms with van der Waals surface area (Å²) in [5, 5.41) is 13.1. The van der Waals surface area contributed by atoms with Crippen molar-refractivity contribution in [2.24, 2.45) is 0 Å². The molecule has 0 aliphatic rings. The van der Waals surface area contributed by atoms with E-state index in [1.54, 1.807) is 29.7 Å². The molecule has 0 amide bonds. The molecule has 0 fully saturated rings. The van der Waals surface area contributed by atoms with Gasteiger partial charge in [-0.3, -0.25) is 0 Å². The molecule has 0 aliphatic heterocycles. The van der Waals surface area contributed by atoms with Crippen LogP contribution in [0.15, 0.2) is 36.5 Å². The number of nitrogens with zero attached hydrogens (tertiary/aromatic N) is 4. The van der Waals surface area contributed by atoms with Crippen molar-refractivity contribution in [1.82, 2.24) is 15.0 Å². The van der Waals surface area contributed by atoms with Gasteiger partial charge in [0.1, 0.15) is 0 Å². The standard InChI is InChI=1S/C17H15N5S/c1-3-15-20-11(2)16(23-15)14-8-9-19-17(22-14)21-13-6-4-12(10-18)5-7-13/h4-9H,3H2,1-2H3,(H,19,21,22). The van der Waals surface area contributed by atoms with E-state index >= 15 is 0 Å². The summed E-state index contributed by atoms with van der Waals surface area (Å²) >= 11 is 1.67. The lowest BCUT2D eigenvalue weighted by molar-refractivity contribution is 1.07. The maximum Gasteiger partial charge on any atom is 0.227 e. The molecule has 0 radical (unpaired) electrons. The monoisotopic (exact) mass is 321 g/mol. The van der Waals surface area contributed by atoms with Gasteiger partial charge in [0.25, 0.3) is 0 Å². The summed E-state index contributed by atoms with van der Waals surface area (Å²) in [6.45, 7) is 4.10. The molecule has 3 aromatic rings. The molecule has 2 aromatic heterocycles. The summed E-state index contributed by atoms with van der Waals surface area (Å²) in [6, 6.07) is 11.2. The Morgan fingerprint density at radius 1 is 1.17 bits per heavy atom. The van der Waals surface area contributed by atoms with Crippen molar-refractivity contribution < 1.29 is 0 Å². The second-order valence-corrected chi connectivity index (χ2v) is 6.04. The van der Waals surface area contributed by atoms with Crippen LogP contribution in [-0.4, -0.2) is 15.0 Å². The van der Waals surface area contributed by atoms with E-state index in [9.17, 15) is 0 Å². The third-order valence-corrected chi connectivity index (χ3v) is 4.63. The molecule has 0 spiro atoms. The fourth-order valence-corrected chi connectivity index (χ4v) is 3.12. The SMILES string of the molecule is CCc1nc(C)c(-c2ccnc(Nc3ccc(C#N)cc3)n2)s1. The first kappa shape index (κ1) is 15.1. The van der Waals surface area contributed by atoms with Gasteiger partial charge >= 0.3 is 0 Å². The summed E-state index contributed by atoms with van der Waals surface area (Å²) in [5.41, 5.74) is 3.33. The van der Waals surface area contributed by atoms with Crippen molar-refractivity contribution >= 4 is 23.0 Å². The van der Waals surface area contributed by atoms with Crippen LogP contribution in [0, 0.1) is 18.3 Å². The Hall–Kier alpha value is -2.78. The molecule has 0 atom stereocenters. The average molecular weight is 321 g/mol. The van der Waals surface area contributed by atoms with Crippen LogP contribution >= 0.6 is 11.3 Å². The first-order valence-electron chi connectivity index (χ1n) is 7.26. The van der Waals surface area contributed by atoms with Gasteiger partial charge in [-0.2, -0.15) is 5.26 Å². The highest BCUT2D eigenvalue weighted by molar-refractivity contribution is 7.15. The van der Waals surface area contributed by atoms with Gasteiger partial charge in [-0.1, -0.05) is 6.92 Å². The van der Waals surface area contributed by atoms with E-state index in [4.69, 9.17) is 5.26 Å². The van der Waals surface area contributed by atoms with Crippen LogP contribution in [0.3, 0.4) is 0 Å². The molecule has 6 heteroatoms. The lowest BCUT2D eigenvalue weighted by Gasteiger charge is -2.06. The molecule has 1 N–H and O–H groups in total. The predicted octanol–water partition coefficient (Wildman–Crippen LogP) is 4.09. The molecule has 3 rings (SSSR count). The van der Waals surface area contributed by atoms with E-state index in [1.807, 2.05) is 25.1 Å². The zero-order chi connectivity index (χ0) is 16.2. The zero-order valence-corrected chi connectivity index (χ0v) is 13.7. The van der Waals surface area contributed by atoms with E-state index in [-0.39, 0.29) is 0 Å². The molecular weight excluding hydrogens is 306 g/mol. The zero-order valence-electron chi connectivity index (χ0n) is 12.9. The molecule has 23 heavy (non-hydrogen) atoms. The Bertz CT molecular complexity index is 861. The molecule has 0 saturated carbocycles. The van der Waals surface area contributed by atoms with Crippen LogP contribution in [0.25, 0.3) is 10.6 Å². The van der Waals surface area contributed by atoms with Gasteiger partial charge in [0.05, 0.1) is 32.9 Å². The van der Waals surface area contributed by atoms with E-state index in [2.05, 4.69) is 33.3 Å². The summed E-state index contributed by atoms with van der Waals surface area (Å²) in [5.74, 6) is 0.526. The van der Waals surface area contributed by atoms with Gasteiger partial charge in [-0.25, -0.2) is 15.0 Å². The predicted molar refractivity (Wildman–Crippen MR) is 91.7 cm³/mol. The Labute approximate surface area is 138 Å². The number of benzene rings is 1. The highest BCUT2D eigenvalue weighted by Crippen LogP contribution is 2.29. The normalized spacial score (nSPS) is 10.3. The molecule has 0 saturated heterocycles. The van der Waals surface area contributed by atoms with E-state index in [0.29, 0.717) is 11.5 Å². The summed E-state index contributed by atoms with van der Waals surface area (Å²) in [7, 11) is 0. The number of anilines is 2. The molecule has 2 heterocycles. The molecule has 0 bridgehead atoms. The van der Waals surface area contributed by atoms with Crippen LogP contribution in [-0.2, 0) is 6.42 Å². The van der Waals surface area contributed by atoms with Crippen molar-refractivity contribution in [2.75, 3.05) is 5.32 Å². The van der Waals surface area contributed by atoms with Gasteiger partial charge in [0.2, 0.25) is 5.95 Å². The van der Waals surface area contributed by atoms with Gasteiger partial charge in [0.15, 0.2) is 0 Å². The quantitative estimate of drug-likeness (QED) is 0.783. The molecule has 5 nitrogen and oxygen atoms in total. The van der Waals surface area contributed by atoms with Crippen molar-refractivity contribution in [3.8, 4) is 16.6 Å². The number of hydrogen-bond acceptors (Lipinski definition) is 6. The smallest absolute Gasteiger partial charge is 0.227 e. The van der Waals surface area contributed by atoms with Crippen LogP contribution in [0.4, 0.5) is 11.6 Å². The molecule has 1 aromatic carbocycles. The highest BCUT2D eigenvalue weighted by Gasteiger charge is 2.11. The highest BCUT2D eigenvalue weighted by atomic mass is 32.1. The van der Waals surface area contributed by atoms with Gasteiger partial charge in [0, 0.05) is 11.9 Å². The Kier molecular flexibility index (Phi) is 4.31. The third kappa shape index (κ3) is 3.35. The van der Waals surface area contributed by atoms with Crippen molar-refractivity contribution in [2.45, 2.75) is 20.3 Å². The topological polar surface area (TPSA) is 74.5 Å². The van der Waals surface area contributed by atoms with Gasteiger partial charge in [-0.05, 0) is 43.7 Å². The Morgan fingerprint density at radius 3 is 2.61 bits per heavy atom. The first-order valence-corrected chi connectivity index (χ1v) is 8.08. The number of nitrogens with one attached hydrogen (secondary N) is 1. The van der Waals surface area contributed by atoms with E-state index in [0.717, 1.165) is 33.4 Å². The fraction of sp³-hybridized carbons (Fsp3) is 0.176. The molecular formula is C17H15N5S. The number of nitriles is 1. The number of aromatic nitrogens is 3. The molecule has 0 aliphatic carbocycles. The van der Waals surface area contributed by atoms with Gasteiger partial charge in [-0.15, -0.1) is 11.3 Å². The number of aryl methyl sites for hydroxylation is 2. The van der Waals surface area contributed by atoms with E-state index < -0.39 is 0 Å². The Balaban J connectivity index is 1.87. The van der Waals surface area contributed by atoms with Gasteiger partial charge < -0.3 is 5.32 Å². The second-order valence-electron chi connectivity index (χ2n) is 4.96. The van der Waals surface area contributed by atoms with Crippen LogP contribution in [0.1, 0.15) is 23.2 Å². The molecule has 0 unspecified atom stereocenters. The van der Waals surface area contributed by atoms with Crippen molar-refractivity contribution in [3.63, 3.8) is 0 Å². The lowest BCUT2D eigenvalue weighted by Crippen LogP contribution is -1.97. The largest absolute Gasteiger partial charge is 0.324 e. The number of rotatable bonds is 4. The summed E-state index contributed by atoms with van der Waals surface area (Å²) in [4.78, 5) is 14.5. The van der Waals surface area contributed by atoms with Crippen LogP contribution in [0.5, 0.6) is 0 Å². The summed E-state index contributed by atoms with van der Waals surface area (Å²) in [6.07, 6.45) is 2.66. The minimum atomic E-state index is 0.526. The van der Waals surface area contributed by atoms with Crippen LogP contribution in [0.2, 0.25) is 0 Å². The van der Waals surface area contributed by atoms with Crippen molar-refractivity contribution in [3.05, 3.63) is 52.8 Å². The third-order valence-electron chi connectivity index (χ3n) is 3.30. The first-order chi connectivity index (χ1) is 11.2. The van der Waals surface area contributed by atoms with E-state index in [1.165, 1.54) is 0 Å².